The van der Waals surface area contributed by atoms with Gasteiger partial charge < -0.3 is 5.32 Å². The first-order chi connectivity index (χ1) is 8.34. The number of hydrogen-bond acceptors (Lipinski definition) is 3. The van der Waals surface area contributed by atoms with Crippen LogP contribution < -0.4 is 5.32 Å². The van der Waals surface area contributed by atoms with E-state index in [1.165, 1.54) is 55.0 Å². The molecule has 1 aliphatic carbocycles. The fraction of sp³-hybridized carbons (Fsp3) is 0.769. The summed E-state index contributed by atoms with van der Waals surface area (Å²) in [5.41, 5.74) is 2.89. The molecule has 0 spiro atoms. The highest BCUT2D eigenvalue weighted by atomic mass is 32.2. The maximum Gasteiger partial charge on any atom is 0.0540 e. The van der Waals surface area contributed by atoms with E-state index in [9.17, 15) is 0 Å². The number of aromatic nitrogens is 2. The molecule has 1 aromatic heterocycles. The summed E-state index contributed by atoms with van der Waals surface area (Å²) in [6.07, 6.45) is 7.23. The molecule has 94 valence electrons. The minimum atomic E-state index is 0.554. The van der Waals surface area contributed by atoms with Gasteiger partial charge in [0.1, 0.15) is 0 Å². The minimum Gasteiger partial charge on any atom is -0.310 e. The summed E-state index contributed by atoms with van der Waals surface area (Å²) in [5.74, 6) is 3.59. The van der Waals surface area contributed by atoms with Gasteiger partial charge in [-0.05, 0) is 49.7 Å². The van der Waals surface area contributed by atoms with E-state index >= 15 is 0 Å². The molecule has 1 saturated heterocycles. The first kappa shape index (κ1) is 11.6. The third-order valence-electron chi connectivity index (χ3n) is 4.05. The Labute approximate surface area is 107 Å². The fourth-order valence-corrected chi connectivity index (χ4v) is 4.26. The van der Waals surface area contributed by atoms with Gasteiger partial charge in [0.25, 0.3) is 0 Å². The van der Waals surface area contributed by atoms with Gasteiger partial charge in [-0.2, -0.15) is 16.9 Å². The lowest BCUT2D eigenvalue weighted by Crippen LogP contribution is -2.29. The molecule has 0 aromatic carbocycles. The van der Waals surface area contributed by atoms with Crippen LogP contribution in [0.2, 0.25) is 0 Å². The second-order valence-electron chi connectivity index (χ2n) is 5.25. The van der Waals surface area contributed by atoms with E-state index in [0.29, 0.717) is 6.04 Å². The number of nitrogens with zero attached hydrogens (tertiary/aromatic N) is 2. The Morgan fingerprint density at radius 2 is 2.47 bits per heavy atom. The Kier molecular flexibility index (Phi) is 3.43. The number of hydrogen-bond donors (Lipinski definition) is 1. The van der Waals surface area contributed by atoms with Crippen molar-refractivity contribution in [2.45, 2.75) is 31.7 Å². The second-order valence-corrected chi connectivity index (χ2v) is 6.40. The van der Waals surface area contributed by atoms with E-state index in [1.807, 2.05) is 0 Å². The van der Waals surface area contributed by atoms with E-state index < -0.39 is 0 Å². The number of rotatable bonds is 3. The topological polar surface area (TPSA) is 29.9 Å². The van der Waals surface area contributed by atoms with Crippen molar-refractivity contribution in [3.63, 3.8) is 0 Å². The molecule has 0 bridgehead atoms. The minimum absolute atomic E-state index is 0.554. The molecule has 0 radical (unpaired) electrons. The van der Waals surface area contributed by atoms with Crippen LogP contribution in [0.3, 0.4) is 0 Å². The molecule has 1 fully saturated rings. The van der Waals surface area contributed by atoms with Crippen molar-refractivity contribution >= 4 is 11.8 Å². The molecule has 2 aliphatic rings. The highest BCUT2D eigenvalue weighted by Gasteiger charge is 2.24. The lowest BCUT2D eigenvalue weighted by Gasteiger charge is -2.25. The average molecular weight is 251 g/mol. The highest BCUT2D eigenvalue weighted by Crippen LogP contribution is 2.30. The van der Waals surface area contributed by atoms with Crippen molar-refractivity contribution in [3.05, 3.63) is 17.5 Å². The average Bonchev–Trinajstić information content (AvgIpc) is 2.97. The van der Waals surface area contributed by atoms with E-state index in [2.05, 4.69) is 40.1 Å². The number of fused-ring (bicyclic) bond motifs is 1. The number of nitrogens with one attached hydrogen (secondary N) is 1. The molecule has 3 nitrogen and oxygen atoms in total. The van der Waals surface area contributed by atoms with Crippen molar-refractivity contribution in [1.82, 2.24) is 15.1 Å². The summed E-state index contributed by atoms with van der Waals surface area (Å²) in [6, 6.07) is 0.554. The fourth-order valence-electron chi connectivity index (χ4n) is 2.97. The summed E-state index contributed by atoms with van der Waals surface area (Å²) < 4.78 is 2.05. The normalized spacial score (nSPS) is 28.3. The molecular formula is C13H21N3S. The molecule has 2 heterocycles. The zero-order chi connectivity index (χ0) is 11.7. The van der Waals surface area contributed by atoms with Gasteiger partial charge >= 0.3 is 0 Å². The first-order valence-electron chi connectivity index (χ1n) is 6.66. The van der Waals surface area contributed by atoms with Crippen LogP contribution >= 0.6 is 11.8 Å². The quantitative estimate of drug-likeness (QED) is 0.892. The Morgan fingerprint density at radius 1 is 1.53 bits per heavy atom. The smallest absolute Gasteiger partial charge is 0.0540 e. The molecule has 2 unspecified atom stereocenters. The summed E-state index contributed by atoms with van der Waals surface area (Å²) in [6.45, 7) is 1.19. The predicted octanol–water partition coefficient (Wildman–Crippen LogP) is 2.14. The molecule has 1 aliphatic heterocycles. The standard InChI is InChI=1S/C13H21N3S/c1-16-13-4-2-3-12(11(13)8-15-16)14-7-10-5-6-17-9-10/h8,10,12,14H,2-7,9H2,1H3. The molecule has 2 atom stereocenters. The lowest BCUT2D eigenvalue weighted by molar-refractivity contribution is 0.414. The number of thioether (sulfide) groups is 1. The van der Waals surface area contributed by atoms with Gasteiger partial charge in [-0.3, -0.25) is 4.68 Å². The van der Waals surface area contributed by atoms with E-state index in [1.54, 1.807) is 0 Å². The van der Waals surface area contributed by atoms with Crippen LogP contribution in [0.4, 0.5) is 0 Å². The monoisotopic (exact) mass is 251 g/mol. The second kappa shape index (κ2) is 5.02. The van der Waals surface area contributed by atoms with Crippen molar-refractivity contribution in [2.75, 3.05) is 18.1 Å². The van der Waals surface area contributed by atoms with Gasteiger partial charge in [-0.25, -0.2) is 0 Å². The molecule has 0 amide bonds. The molecule has 3 rings (SSSR count). The van der Waals surface area contributed by atoms with Crippen LogP contribution in [0.15, 0.2) is 6.20 Å². The summed E-state index contributed by atoms with van der Waals surface area (Å²) in [5, 5.41) is 8.17. The lowest BCUT2D eigenvalue weighted by atomic mass is 9.92. The highest BCUT2D eigenvalue weighted by molar-refractivity contribution is 7.99. The molecule has 0 saturated carbocycles. The van der Waals surface area contributed by atoms with Gasteiger partial charge in [-0.15, -0.1) is 0 Å². The van der Waals surface area contributed by atoms with Crippen LogP contribution in [0, 0.1) is 5.92 Å². The van der Waals surface area contributed by atoms with Gasteiger partial charge in [0.05, 0.1) is 6.20 Å². The van der Waals surface area contributed by atoms with Crippen molar-refractivity contribution in [3.8, 4) is 0 Å². The van der Waals surface area contributed by atoms with E-state index in [-0.39, 0.29) is 0 Å². The zero-order valence-electron chi connectivity index (χ0n) is 10.5. The third kappa shape index (κ3) is 2.38. The molecule has 17 heavy (non-hydrogen) atoms. The van der Waals surface area contributed by atoms with Crippen molar-refractivity contribution < 1.29 is 0 Å². The molecule has 4 heteroatoms. The Hall–Kier alpha value is -0.480. The van der Waals surface area contributed by atoms with Crippen molar-refractivity contribution in [2.24, 2.45) is 13.0 Å². The van der Waals surface area contributed by atoms with E-state index in [0.717, 1.165) is 5.92 Å². The van der Waals surface area contributed by atoms with E-state index in [4.69, 9.17) is 0 Å². The third-order valence-corrected chi connectivity index (χ3v) is 5.28. The first-order valence-corrected chi connectivity index (χ1v) is 7.82. The van der Waals surface area contributed by atoms with Crippen LogP contribution in [0.25, 0.3) is 0 Å². The Bertz CT molecular complexity index is 382. The Morgan fingerprint density at radius 3 is 3.29 bits per heavy atom. The predicted molar refractivity (Wildman–Crippen MR) is 72.3 cm³/mol. The Balaban J connectivity index is 1.64. The summed E-state index contributed by atoms with van der Waals surface area (Å²) in [4.78, 5) is 0. The van der Waals surface area contributed by atoms with Crippen molar-refractivity contribution in [1.29, 1.82) is 0 Å². The van der Waals surface area contributed by atoms with Crippen LogP contribution in [-0.4, -0.2) is 27.8 Å². The summed E-state index contributed by atoms with van der Waals surface area (Å²) >= 11 is 2.10. The van der Waals surface area contributed by atoms with Crippen LogP contribution in [0.1, 0.15) is 36.6 Å². The maximum atomic E-state index is 4.40. The number of aryl methyl sites for hydroxylation is 1. The van der Waals surface area contributed by atoms with Gasteiger partial charge in [0.2, 0.25) is 0 Å². The largest absolute Gasteiger partial charge is 0.310 e. The van der Waals surface area contributed by atoms with Crippen LogP contribution in [0.5, 0.6) is 0 Å². The zero-order valence-corrected chi connectivity index (χ0v) is 11.3. The van der Waals surface area contributed by atoms with Gasteiger partial charge in [0.15, 0.2) is 0 Å². The maximum absolute atomic E-state index is 4.40. The molecular weight excluding hydrogens is 230 g/mol. The van der Waals surface area contributed by atoms with Crippen LogP contribution in [-0.2, 0) is 13.5 Å². The molecule has 1 aromatic rings. The SMILES string of the molecule is Cn1ncc2c1CCCC2NCC1CCSC1. The summed E-state index contributed by atoms with van der Waals surface area (Å²) in [7, 11) is 2.06. The van der Waals surface area contributed by atoms with Gasteiger partial charge in [0, 0.05) is 24.3 Å². The molecule has 1 N–H and O–H groups in total. The van der Waals surface area contributed by atoms with Gasteiger partial charge in [-0.1, -0.05) is 0 Å².